The zero-order valence-corrected chi connectivity index (χ0v) is 13.8. The van der Waals surface area contributed by atoms with E-state index in [-0.39, 0.29) is 6.04 Å². The minimum Gasteiger partial charge on any atom is -0.348 e. The lowest BCUT2D eigenvalue weighted by molar-refractivity contribution is 0.298. The summed E-state index contributed by atoms with van der Waals surface area (Å²) in [5.74, 6) is 0. The highest BCUT2D eigenvalue weighted by molar-refractivity contribution is 7.89. The largest absolute Gasteiger partial charge is 0.348 e. The molecule has 1 atom stereocenters. The van der Waals surface area contributed by atoms with Crippen molar-refractivity contribution in [1.82, 2.24) is 13.9 Å². The van der Waals surface area contributed by atoms with Crippen LogP contribution in [0.2, 0.25) is 0 Å². The van der Waals surface area contributed by atoms with Crippen molar-refractivity contribution in [2.75, 3.05) is 6.54 Å². The summed E-state index contributed by atoms with van der Waals surface area (Å²) in [6.45, 7) is 1.07. The number of rotatable bonds is 3. The van der Waals surface area contributed by atoms with Gasteiger partial charge in [-0.2, -0.15) is 4.31 Å². The Bertz CT molecular complexity index is 937. The van der Waals surface area contributed by atoms with Gasteiger partial charge in [0.1, 0.15) is 0 Å². The Morgan fingerprint density at radius 2 is 1.79 bits per heavy atom. The Morgan fingerprint density at radius 1 is 0.958 bits per heavy atom. The van der Waals surface area contributed by atoms with Gasteiger partial charge in [0, 0.05) is 37.4 Å². The molecule has 0 bridgehead atoms. The third kappa shape index (κ3) is 2.44. The second-order valence-electron chi connectivity index (χ2n) is 5.74. The molecule has 122 valence electrons. The van der Waals surface area contributed by atoms with E-state index in [1.54, 1.807) is 41.0 Å². The number of fused-ring (bicyclic) bond motifs is 1. The predicted octanol–water partition coefficient (Wildman–Crippen LogP) is 2.68. The van der Waals surface area contributed by atoms with Crippen LogP contribution in [0, 0.1) is 0 Å². The smallest absolute Gasteiger partial charge is 0.244 e. The van der Waals surface area contributed by atoms with Crippen LogP contribution in [0.3, 0.4) is 0 Å². The average Bonchev–Trinajstić information content (AvgIpc) is 3.11. The lowest BCUT2D eigenvalue weighted by Gasteiger charge is -2.36. The highest BCUT2D eigenvalue weighted by Gasteiger charge is 2.37. The number of sulfonamides is 1. The van der Waals surface area contributed by atoms with Crippen LogP contribution in [0.4, 0.5) is 0 Å². The van der Waals surface area contributed by atoms with Gasteiger partial charge in [-0.05, 0) is 35.9 Å². The molecular formula is C18H17N3O2S. The number of aromatic nitrogens is 2. The van der Waals surface area contributed by atoms with Crippen LogP contribution < -0.4 is 0 Å². The molecule has 5 nitrogen and oxygen atoms in total. The number of hydrogen-bond donors (Lipinski definition) is 0. The molecule has 1 aliphatic heterocycles. The SMILES string of the molecule is O=S(=O)(c1ccccc1)N1CCn2cccc2C1c1cccnc1. The Morgan fingerprint density at radius 3 is 2.54 bits per heavy atom. The van der Waals surface area contributed by atoms with E-state index in [1.807, 2.05) is 36.5 Å². The Balaban J connectivity index is 1.86. The summed E-state index contributed by atoms with van der Waals surface area (Å²) in [6, 6.07) is 15.9. The standard InChI is InChI=1S/C18H17N3O2S/c22-24(23,16-7-2-1-3-8-16)21-13-12-20-11-5-9-17(20)18(21)15-6-4-10-19-14-15/h1-11,14,18H,12-13H2. The molecule has 0 N–H and O–H groups in total. The van der Waals surface area contributed by atoms with Crippen LogP contribution in [-0.2, 0) is 16.6 Å². The first kappa shape index (κ1) is 15.1. The van der Waals surface area contributed by atoms with E-state index >= 15 is 0 Å². The van der Waals surface area contributed by atoms with Gasteiger partial charge >= 0.3 is 0 Å². The molecule has 0 saturated heterocycles. The zero-order valence-electron chi connectivity index (χ0n) is 13.0. The topological polar surface area (TPSA) is 55.2 Å². The summed E-state index contributed by atoms with van der Waals surface area (Å²) < 4.78 is 30.1. The van der Waals surface area contributed by atoms with Crippen LogP contribution in [-0.4, -0.2) is 28.8 Å². The molecule has 0 radical (unpaired) electrons. The van der Waals surface area contributed by atoms with Gasteiger partial charge < -0.3 is 4.57 Å². The Kier molecular flexibility index (Phi) is 3.70. The first-order valence-corrected chi connectivity index (χ1v) is 9.24. The first-order valence-electron chi connectivity index (χ1n) is 7.80. The maximum absolute atomic E-state index is 13.2. The highest BCUT2D eigenvalue weighted by atomic mass is 32.2. The van der Waals surface area contributed by atoms with Crippen molar-refractivity contribution in [3.05, 3.63) is 84.4 Å². The van der Waals surface area contributed by atoms with Crippen LogP contribution in [0.25, 0.3) is 0 Å². The zero-order chi connectivity index (χ0) is 16.6. The van der Waals surface area contributed by atoms with Gasteiger partial charge in [-0.1, -0.05) is 24.3 Å². The van der Waals surface area contributed by atoms with Gasteiger partial charge in [0.25, 0.3) is 0 Å². The monoisotopic (exact) mass is 339 g/mol. The molecule has 24 heavy (non-hydrogen) atoms. The maximum atomic E-state index is 13.2. The molecule has 6 heteroatoms. The van der Waals surface area contributed by atoms with Crippen molar-refractivity contribution < 1.29 is 8.42 Å². The van der Waals surface area contributed by atoms with Crippen molar-refractivity contribution in [2.24, 2.45) is 0 Å². The maximum Gasteiger partial charge on any atom is 0.244 e. The summed E-state index contributed by atoms with van der Waals surface area (Å²) in [5, 5.41) is 0. The Hall–Kier alpha value is -2.44. The van der Waals surface area contributed by atoms with Crippen molar-refractivity contribution in [1.29, 1.82) is 0 Å². The lowest BCUT2D eigenvalue weighted by Crippen LogP contribution is -2.42. The third-order valence-electron chi connectivity index (χ3n) is 4.34. The molecule has 0 amide bonds. The Labute approximate surface area is 141 Å². The van der Waals surface area contributed by atoms with Crippen molar-refractivity contribution >= 4 is 10.0 Å². The number of pyridine rings is 1. The molecule has 0 spiro atoms. The van der Waals surface area contributed by atoms with Crippen molar-refractivity contribution in [2.45, 2.75) is 17.5 Å². The number of nitrogens with zero attached hydrogens (tertiary/aromatic N) is 3. The van der Waals surface area contributed by atoms with E-state index in [1.165, 1.54) is 0 Å². The van der Waals surface area contributed by atoms with E-state index in [9.17, 15) is 8.42 Å². The molecular weight excluding hydrogens is 322 g/mol. The van der Waals surface area contributed by atoms with Crippen LogP contribution >= 0.6 is 0 Å². The highest BCUT2D eigenvalue weighted by Crippen LogP contribution is 2.35. The summed E-state index contributed by atoms with van der Waals surface area (Å²) >= 11 is 0. The summed E-state index contributed by atoms with van der Waals surface area (Å²) in [7, 11) is -3.59. The van der Waals surface area contributed by atoms with Crippen molar-refractivity contribution in [3.8, 4) is 0 Å². The lowest BCUT2D eigenvalue weighted by atomic mass is 10.0. The van der Waals surface area contributed by atoms with E-state index in [2.05, 4.69) is 9.55 Å². The molecule has 2 aromatic heterocycles. The molecule has 3 heterocycles. The summed E-state index contributed by atoms with van der Waals surface area (Å²) in [6.07, 6.45) is 5.42. The fourth-order valence-corrected chi connectivity index (χ4v) is 4.82. The van der Waals surface area contributed by atoms with Gasteiger partial charge in [0.2, 0.25) is 10.0 Å². The fourth-order valence-electron chi connectivity index (χ4n) is 3.22. The average molecular weight is 339 g/mol. The van der Waals surface area contributed by atoms with E-state index in [0.29, 0.717) is 18.0 Å². The van der Waals surface area contributed by atoms with Crippen LogP contribution in [0.15, 0.2) is 78.1 Å². The van der Waals surface area contributed by atoms with E-state index < -0.39 is 10.0 Å². The normalized spacial score (nSPS) is 18.2. The minimum atomic E-state index is -3.59. The minimum absolute atomic E-state index is 0.318. The third-order valence-corrected chi connectivity index (χ3v) is 6.22. The quantitative estimate of drug-likeness (QED) is 0.737. The van der Waals surface area contributed by atoms with Gasteiger partial charge in [0.05, 0.1) is 10.9 Å². The van der Waals surface area contributed by atoms with E-state index in [4.69, 9.17) is 0 Å². The molecule has 0 fully saturated rings. The van der Waals surface area contributed by atoms with Gasteiger partial charge in [-0.3, -0.25) is 4.98 Å². The molecule has 0 aliphatic carbocycles. The fraction of sp³-hybridized carbons (Fsp3) is 0.167. The second-order valence-corrected chi connectivity index (χ2v) is 7.63. The molecule has 3 aromatic rings. The first-order chi connectivity index (χ1) is 11.7. The van der Waals surface area contributed by atoms with Crippen LogP contribution in [0.5, 0.6) is 0 Å². The molecule has 1 unspecified atom stereocenters. The summed E-state index contributed by atoms with van der Waals surface area (Å²) in [4.78, 5) is 4.49. The van der Waals surface area contributed by atoms with Gasteiger partial charge in [0.15, 0.2) is 0 Å². The molecule has 1 aromatic carbocycles. The number of benzene rings is 1. The van der Waals surface area contributed by atoms with Gasteiger partial charge in [-0.25, -0.2) is 8.42 Å². The van der Waals surface area contributed by atoms with Gasteiger partial charge in [-0.15, -0.1) is 0 Å². The van der Waals surface area contributed by atoms with E-state index in [0.717, 1.165) is 11.3 Å². The predicted molar refractivity (Wildman–Crippen MR) is 90.8 cm³/mol. The van der Waals surface area contributed by atoms with Crippen molar-refractivity contribution in [3.63, 3.8) is 0 Å². The molecule has 0 saturated carbocycles. The second kappa shape index (κ2) is 5.89. The molecule has 1 aliphatic rings. The van der Waals surface area contributed by atoms with Crippen LogP contribution in [0.1, 0.15) is 17.3 Å². The number of hydrogen-bond acceptors (Lipinski definition) is 3. The summed E-state index contributed by atoms with van der Waals surface area (Å²) in [5.41, 5.74) is 1.84. The molecule has 4 rings (SSSR count).